The first-order valence-electron chi connectivity index (χ1n) is 7.96. The molecule has 1 atom stereocenters. The van der Waals surface area contributed by atoms with Gasteiger partial charge in [0.2, 0.25) is 0 Å². The molecule has 1 rings (SSSR count). The number of methoxy groups -OCH3 is 1. The van der Waals surface area contributed by atoms with Crippen molar-refractivity contribution < 1.29 is 4.74 Å². The fraction of sp³-hybridized carbons (Fsp3) is 0.611. The zero-order valence-corrected chi connectivity index (χ0v) is 17.6. The van der Waals surface area contributed by atoms with Crippen LogP contribution in [0.3, 0.4) is 0 Å². The highest BCUT2D eigenvalue weighted by Gasteiger charge is 2.24. The zero-order valence-electron chi connectivity index (χ0n) is 15.3. The minimum absolute atomic E-state index is 0. The molecule has 0 aliphatic carbocycles. The number of rotatable bonds is 6. The second kappa shape index (κ2) is 10.9. The Morgan fingerprint density at radius 1 is 1.17 bits per heavy atom. The van der Waals surface area contributed by atoms with Gasteiger partial charge in [-0.2, -0.15) is 0 Å². The van der Waals surface area contributed by atoms with Gasteiger partial charge in [0.1, 0.15) is 0 Å². The van der Waals surface area contributed by atoms with E-state index in [4.69, 9.17) is 4.74 Å². The van der Waals surface area contributed by atoms with E-state index in [-0.39, 0.29) is 35.5 Å². The smallest absolute Gasteiger partial charge is 0.191 e. The van der Waals surface area contributed by atoms with Crippen molar-refractivity contribution in [2.24, 2.45) is 10.4 Å². The van der Waals surface area contributed by atoms with E-state index >= 15 is 0 Å². The number of guanidine groups is 1. The highest BCUT2D eigenvalue weighted by Crippen LogP contribution is 2.20. The van der Waals surface area contributed by atoms with Gasteiger partial charge in [-0.3, -0.25) is 4.99 Å². The number of benzene rings is 1. The van der Waals surface area contributed by atoms with Crippen molar-refractivity contribution in [3.63, 3.8) is 0 Å². The summed E-state index contributed by atoms with van der Waals surface area (Å²) >= 11 is 0. The van der Waals surface area contributed by atoms with Gasteiger partial charge in [0, 0.05) is 27.2 Å². The first-order valence-corrected chi connectivity index (χ1v) is 7.96. The Balaban J connectivity index is 0.00000484. The third-order valence-electron chi connectivity index (χ3n) is 3.87. The molecule has 1 unspecified atom stereocenters. The van der Waals surface area contributed by atoms with E-state index < -0.39 is 0 Å². The molecule has 0 bridgehead atoms. The molecule has 132 valence electrons. The van der Waals surface area contributed by atoms with Crippen molar-refractivity contribution in [2.45, 2.75) is 46.8 Å². The van der Waals surface area contributed by atoms with Crippen molar-refractivity contribution >= 4 is 29.9 Å². The molecular weight excluding hydrogens is 401 g/mol. The Kier molecular flexibility index (Phi) is 10.5. The van der Waals surface area contributed by atoms with E-state index in [1.807, 2.05) is 0 Å². The highest BCUT2D eigenvalue weighted by atomic mass is 127. The fourth-order valence-corrected chi connectivity index (χ4v) is 2.41. The van der Waals surface area contributed by atoms with Crippen LogP contribution in [0, 0.1) is 5.41 Å². The van der Waals surface area contributed by atoms with Gasteiger partial charge in [-0.1, -0.05) is 52.0 Å². The third-order valence-corrected chi connectivity index (χ3v) is 3.87. The van der Waals surface area contributed by atoms with Crippen molar-refractivity contribution in [2.75, 3.05) is 20.7 Å². The van der Waals surface area contributed by atoms with E-state index in [1.54, 1.807) is 14.2 Å². The van der Waals surface area contributed by atoms with Crippen LogP contribution in [0.2, 0.25) is 0 Å². The van der Waals surface area contributed by atoms with Crippen LogP contribution in [0.1, 0.15) is 38.8 Å². The van der Waals surface area contributed by atoms with Gasteiger partial charge in [-0.05, 0) is 23.0 Å². The molecule has 0 saturated heterocycles. The lowest BCUT2D eigenvalue weighted by molar-refractivity contribution is 0.0205. The van der Waals surface area contributed by atoms with Crippen LogP contribution < -0.4 is 10.6 Å². The van der Waals surface area contributed by atoms with Crippen LogP contribution in [0.15, 0.2) is 29.3 Å². The maximum Gasteiger partial charge on any atom is 0.191 e. The summed E-state index contributed by atoms with van der Waals surface area (Å²) in [6, 6.07) is 8.49. The van der Waals surface area contributed by atoms with E-state index in [2.05, 4.69) is 67.6 Å². The number of hydrogen-bond acceptors (Lipinski definition) is 2. The zero-order chi connectivity index (χ0) is 16.6. The Bertz CT molecular complexity index is 483. The minimum atomic E-state index is 0. The van der Waals surface area contributed by atoms with Crippen molar-refractivity contribution in [1.82, 2.24) is 10.6 Å². The summed E-state index contributed by atoms with van der Waals surface area (Å²) in [7, 11) is 3.55. The van der Waals surface area contributed by atoms with Crippen LogP contribution in [0.25, 0.3) is 0 Å². The molecule has 1 aromatic rings. The predicted octanol–water partition coefficient (Wildman–Crippen LogP) is 3.59. The number of hydrogen-bond donors (Lipinski definition) is 2. The van der Waals surface area contributed by atoms with E-state index in [1.165, 1.54) is 11.1 Å². The van der Waals surface area contributed by atoms with Gasteiger partial charge < -0.3 is 15.4 Å². The molecule has 0 saturated carbocycles. The van der Waals surface area contributed by atoms with Gasteiger partial charge >= 0.3 is 0 Å². The average molecular weight is 433 g/mol. The summed E-state index contributed by atoms with van der Waals surface area (Å²) in [5, 5.41) is 6.72. The van der Waals surface area contributed by atoms with E-state index in [0.717, 1.165) is 25.5 Å². The summed E-state index contributed by atoms with van der Waals surface area (Å²) < 4.78 is 5.56. The largest absolute Gasteiger partial charge is 0.379 e. The maximum atomic E-state index is 5.56. The molecule has 0 aromatic heterocycles. The van der Waals surface area contributed by atoms with E-state index in [0.29, 0.717) is 0 Å². The van der Waals surface area contributed by atoms with E-state index in [9.17, 15) is 0 Å². The van der Waals surface area contributed by atoms with Gasteiger partial charge in [-0.15, -0.1) is 24.0 Å². The minimum Gasteiger partial charge on any atom is -0.379 e. The van der Waals surface area contributed by atoms with Crippen LogP contribution in [0.4, 0.5) is 0 Å². The Hall–Kier alpha value is -0.820. The van der Waals surface area contributed by atoms with Crippen molar-refractivity contribution in [1.29, 1.82) is 0 Å². The molecule has 5 heteroatoms. The van der Waals surface area contributed by atoms with Gasteiger partial charge in [0.15, 0.2) is 5.96 Å². The van der Waals surface area contributed by atoms with Gasteiger partial charge in [0.25, 0.3) is 0 Å². The molecule has 0 amide bonds. The second-order valence-corrected chi connectivity index (χ2v) is 6.52. The number of aryl methyl sites for hydroxylation is 1. The quantitative estimate of drug-likeness (QED) is 0.410. The lowest BCUT2D eigenvalue weighted by atomic mass is 9.89. The molecule has 0 heterocycles. The van der Waals surface area contributed by atoms with Crippen LogP contribution in [-0.4, -0.2) is 32.8 Å². The monoisotopic (exact) mass is 433 g/mol. The van der Waals surface area contributed by atoms with Crippen molar-refractivity contribution in [3.8, 4) is 0 Å². The molecule has 23 heavy (non-hydrogen) atoms. The highest BCUT2D eigenvalue weighted by molar-refractivity contribution is 14.0. The summed E-state index contributed by atoms with van der Waals surface area (Å²) in [5.41, 5.74) is 2.78. The number of nitrogens with zero attached hydrogens (tertiary/aromatic N) is 1. The summed E-state index contributed by atoms with van der Waals surface area (Å²) in [6.45, 7) is 10.2. The third kappa shape index (κ3) is 7.52. The van der Waals surface area contributed by atoms with Crippen LogP contribution >= 0.6 is 24.0 Å². The molecule has 1 aromatic carbocycles. The Morgan fingerprint density at radius 2 is 1.78 bits per heavy atom. The Labute approximate surface area is 158 Å². The summed E-state index contributed by atoms with van der Waals surface area (Å²) in [5.74, 6) is 0.803. The molecule has 2 N–H and O–H groups in total. The molecular formula is C18H32IN3O. The number of ether oxygens (including phenoxy) is 1. The fourth-order valence-electron chi connectivity index (χ4n) is 2.41. The normalized spacial score (nSPS) is 13.2. The number of nitrogens with one attached hydrogen (secondary N) is 2. The molecule has 0 spiro atoms. The lowest BCUT2D eigenvalue weighted by Gasteiger charge is -2.30. The lowest BCUT2D eigenvalue weighted by Crippen LogP contribution is -2.45. The Morgan fingerprint density at radius 3 is 2.26 bits per heavy atom. The predicted molar refractivity (Wildman–Crippen MR) is 110 cm³/mol. The molecule has 0 fully saturated rings. The second-order valence-electron chi connectivity index (χ2n) is 6.52. The van der Waals surface area contributed by atoms with Gasteiger partial charge in [0.05, 0.1) is 6.10 Å². The van der Waals surface area contributed by atoms with Gasteiger partial charge in [-0.25, -0.2) is 0 Å². The SMILES string of the molecule is CCc1ccccc1CNC(=NC)NCC(OC)C(C)(C)C.I. The van der Waals surface area contributed by atoms with Crippen molar-refractivity contribution in [3.05, 3.63) is 35.4 Å². The molecule has 0 radical (unpaired) electrons. The van der Waals surface area contributed by atoms with Crippen LogP contribution in [-0.2, 0) is 17.7 Å². The molecule has 0 aliphatic heterocycles. The number of aliphatic imine (C=N–C) groups is 1. The number of halogens is 1. The summed E-state index contributed by atoms with van der Waals surface area (Å²) in [6.07, 6.45) is 1.17. The first kappa shape index (κ1) is 22.2. The maximum absolute atomic E-state index is 5.56. The average Bonchev–Trinajstić information content (AvgIpc) is 2.49. The van der Waals surface area contributed by atoms with Crippen LogP contribution in [0.5, 0.6) is 0 Å². The first-order chi connectivity index (χ1) is 10.4. The standard InChI is InChI=1S/C18H31N3O.HI/c1-7-14-10-8-9-11-15(14)12-20-17(19-5)21-13-16(22-6)18(2,3)4;/h8-11,16H,7,12-13H2,1-6H3,(H2,19,20,21);1H. The topological polar surface area (TPSA) is 45.7 Å². The summed E-state index contributed by atoms with van der Waals surface area (Å²) in [4.78, 5) is 4.29. The molecule has 0 aliphatic rings. The molecule has 4 nitrogen and oxygen atoms in total.